The maximum Gasteiger partial charge on any atom is 0.216 e. The molecule has 5 nitrogen and oxygen atoms in total. The molecule has 0 fully saturated rings. The van der Waals surface area contributed by atoms with E-state index < -0.39 is 6.10 Å². The average molecular weight is 239 g/mol. The normalized spacial score (nSPS) is 11.8. The summed E-state index contributed by atoms with van der Waals surface area (Å²) in [6.45, 7) is 1.58. The van der Waals surface area contributed by atoms with Gasteiger partial charge in [-0.05, 0) is 17.7 Å². The highest BCUT2D eigenvalue weighted by Crippen LogP contribution is 2.29. The van der Waals surface area contributed by atoms with Crippen LogP contribution >= 0.6 is 0 Å². The molecule has 0 aliphatic carbocycles. The summed E-state index contributed by atoms with van der Waals surface area (Å²) in [5.74, 6) is 0.972. The number of nitrogens with one attached hydrogen (secondary N) is 1. The molecule has 0 aliphatic heterocycles. The minimum Gasteiger partial charge on any atom is -0.493 e. The maximum atomic E-state index is 10.7. The Morgan fingerprint density at radius 3 is 2.53 bits per heavy atom. The lowest BCUT2D eigenvalue weighted by atomic mass is 10.1. The molecule has 94 valence electrons. The van der Waals surface area contributed by atoms with Crippen LogP contribution in [0.15, 0.2) is 18.2 Å². The number of hydrogen-bond donors (Lipinski definition) is 2. The Bertz CT molecular complexity index is 392. The second-order valence-electron chi connectivity index (χ2n) is 3.57. The molecule has 0 aromatic heterocycles. The zero-order valence-corrected chi connectivity index (χ0v) is 10.2. The fourth-order valence-electron chi connectivity index (χ4n) is 1.42. The Balaban J connectivity index is 2.80. The highest BCUT2D eigenvalue weighted by atomic mass is 16.5. The first-order valence-electron chi connectivity index (χ1n) is 5.23. The van der Waals surface area contributed by atoms with Gasteiger partial charge in [-0.3, -0.25) is 4.79 Å². The Morgan fingerprint density at radius 2 is 2.00 bits per heavy atom. The number of carbonyl (C=O) groups is 1. The first-order valence-corrected chi connectivity index (χ1v) is 5.23. The molecule has 0 saturated heterocycles. The third kappa shape index (κ3) is 3.64. The SMILES string of the molecule is COc1ccc([C@@H](O)CNC(C)=O)cc1OC. The van der Waals surface area contributed by atoms with Crippen molar-refractivity contribution in [1.82, 2.24) is 5.32 Å². The first-order chi connectivity index (χ1) is 8.08. The summed E-state index contributed by atoms with van der Waals surface area (Å²) in [6.07, 6.45) is -0.765. The minimum absolute atomic E-state index is 0.171. The van der Waals surface area contributed by atoms with Gasteiger partial charge in [-0.15, -0.1) is 0 Å². The van der Waals surface area contributed by atoms with Crippen LogP contribution in [0.5, 0.6) is 11.5 Å². The van der Waals surface area contributed by atoms with Gasteiger partial charge in [-0.25, -0.2) is 0 Å². The first kappa shape index (κ1) is 13.3. The van der Waals surface area contributed by atoms with E-state index in [9.17, 15) is 9.90 Å². The minimum atomic E-state index is -0.765. The van der Waals surface area contributed by atoms with Crippen molar-refractivity contribution < 1.29 is 19.4 Å². The van der Waals surface area contributed by atoms with Gasteiger partial charge in [0.25, 0.3) is 0 Å². The molecule has 1 amide bonds. The van der Waals surface area contributed by atoms with Gasteiger partial charge in [0.05, 0.1) is 20.3 Å². The molecule has 5 heteroatoms. The van der Waals surface area contributed by atoms with E-state index in [0.717, 1.165) is 0 Å². The molecule has 17 heavy (non-hydrogen) atoms. The smallest absolute Gasteiger partial charge is 0.216 e. The van der Waals surface area contributed by atoms with Crippen molar-refractivity contribution >= 4 is 5.91 Å². The average Bonchev–Trinajstić information content (AvgIpc) is 2.34. The van der Waals surface area contributed by atoms with Gasteiger partial charge in [0.1, 0.15) is 0 Å². The van der Waals surface area contributed by atoms with Gasteiger partial charge < -0.3 is 19.9 Å². The van der Waals surface area contributed by atoms with Gasteiger partial charge in [0.15, 0.2) is 11.5 Å². The van der Waals surface area contributed by atoms with Gasteiger partial charge in [0.2, 0.25) is 5.91 Å². The van der Waals surface area contributed by atoms with Gasteiger partial charge in [-0.1, -0.05) is 6.07 Å². The number of amides is 1. The summed E-state index contributed by atoms with van der Waals surface area (Å²) >= 11 is 0. The van der Waals surface area contributed by atoms with Crippen LogP contribution in [0, 0.1) is 0 Å². The monoisotopic (exact) mass is 239 g/mol. The summed E-state index contributed by atoms with van der Waals surface area (Å²) in [5.41, 5.74) is 0.663. The van der Waals surface area contributed by atoms with Crippen molar-refractivity contribution in [3.63, 3.8) is 0 Å². The maximum absolute atomic E-state index is 10.7. The van der Waals surface area contributed by atoms with Crippen LogP contribution < -0.4 is 14.8 Å². The molecule has 1 aromatic carbocycles. The number of benzene rings is 1. The number of aliphatic hydroxyl groups excluding tert-OH is 1. The quantitative estimate of drug-likeness (QED) is 0.800. The van der Waals surface area contributed by atoms with E-state index in [-0.39, 0.29) is 12.5 Å². The zero-order valence-electron chi connectivity index (χ0n) is 10.2. The number of aliphatic hydroxyl groups is 1. The molecule has 0 radical (unpaired) electrons. The zero-order chi connectivity index (χ0) is 12.8. The largest absolute Gasteiger partial charge is 0.493 e. The Kier molecular flexibility index (Phi) is 4.78. The fourth-order valence-corrected chi connectivity index (χ4v) is 1.42. The lowest BCUT2D eigenvalue weighted by molar-refractivity contribution is -0.119. The third-order valence-electron chi connectivity index (χ3n) is 2.34. The summed E-state index contributed by atoms with van der Waals surface area (Å²) < 4.78 is 10.2. The number of hydrogen-bond acceptors (Lipinski definition) is 4. The van der Waals surface area contributed by atoms with Crippen LogP contribution in [0.2, 0.25) is 0 Å². The Morgan fingerprint density at radius 1 is 1.35 bits per heavy atom. The summed E-state index contributed by atoms with van der Waals surface area (Å²) in [4.78, 5) is 10.7. The van der Waals surface area contributed by atoms with Crippen LogP contribution in [0.3, 0.4) is 0 Å². The predicted molar refractivity (Wildman–Crippen MR) is 63.2 cm³/mol. The second-order valence-corrected chi connectivity index (χ2v) is 3.57. The van der Waals surface area contributed by atoms with Crippen molar-refractivity contribution in [3.05, 3.63) is 23.8 Å². The number of ether oxygens (including phenoxy) is 2. The molecule has 0 bridgehead atoms. The number of methoxy groups -OCH3 is 2. The standard InChI is InChI=1S/C12H17NO4/c1-8(14)13-7-10(15)9-4-5-11(16-2)12(6-9)17-3/h4-6,10,15H,7H2,1-3H3,(H,13,14)/t10-/m0/s1. The van der Waals surface area contributed by atoms with Crippen LogP contribution in [-0.2, 0) is 4.79 Å². The molecular weight excluding hydrogens is 222 g/mol. The summed E-state index contributed by atoms with van der Waals surface area (Å²) in [6, 6.07) is 5.13. The van der Waals surface area contributed by atoms with E-state index in [1.807, 2.05) is 0 Å². The van der Waals surface area contributed by atoms with Crippen molar-refractivity contribution in [1.29, 1.82) is 0 Å². The third-order valence-corrected chi connectivity index (χ3v) is 2.34. The Labute approximate surface area is 100 Å². The van der Waals surface area contributed by atoms with Crippen LogP contribution in [0.25, 0.3) is 0 Å². The van der Waals surface area contributed by atoms with Crippen molar-refractivity contribution in [3.8, 4) is 11.5 Å². The Hall–Kier alpha value is -1.75. The van der Waals surface area contributed by atoms with E-state index in [2.05, 4.69) is 5.32 Å². The molecule has 0 heterocycles. The lowest BCUT2D eigenvalue weighted by Gasteiger charge is -2.14. The van der Waals surface area contributed by atoms with E-state index in [0.29, 0.717) is 17.1 Å². The van der Waals surface area contributed by atoms with E-state index in [4.69, 9.17) is 9.47 Å². The molecule has 0 spiro atoms. The highest BCUT2D eigenvalue weighted by Gasteiger charge is 2.11. The predicted octanol–water partition coefficient (Wildman–Crippen LogP) is 0.873. The number of rotatable bonds is 5. The number of carbonyl (C=O) groups excluding carboxylic acids is 1. The second kappa shape index (κ2) is 6.10. The van der Waals surface area contributed by atoms with Crippen molar-refractivity contribution in [2.75, 3.05) is 20.8 Å². The van der Waals surface area contributed by atoms with Gasteiger partial charge >= 0.3 is 0 Å². The van der Waals surface area contributed by atoms with E-state index >= 15 is 0 Å². The molecular formula is C12H17NO4. The van der Waals surface area contributed by atoms with Crippen LogP contribution in [-0.4, -0.2) is 31.8 Å². The van der Waals surface area contributed by atoms with Crippen molar-refractivity contribution in [2.24, 2.45) is 0 Å². The highest BCUT2D eigenvalue weighted by molar-refractivity contribution is 5.72. The molecule has 0 aliphatic rings. The van der Waals surface area contributed by atoms with Crippen LogP contribution in [0.1, 0.15) is 18.6 Å². The molecule has 1 rings (SSSR count). The van der Waals surface area contributed by atoms with E-state index in [1.54, 1.807) is 25.3 Å². The van der Waals surface area contributed by atoms with Crippen molar-refractivity contribution in [2.45, 2.75) is 13.0 Å². The summed E-state index contributed by atoms with van der Waals surface area (Å²) in [7, 11) is 3.08. The summed E-state index contributed by atoms with van der Waals surface area (Å²) in [5, 5.41) is 12.4. The molecule has 2 N–H and O–H groups in total. The molecule has 0 unspecified atom stereocenters. The van der Waals surface area contributed by atoms with E-state index in [1.165, 1.54) is 14.0 Å². The fraction of sp³-hybridized carbons (Fsp3) is 0.417. The topological polar surface area (TPSA) is 67.8 Å². The van der Waals surface area contributed by atoms with Gasteiger partial charge in [0, 0.05) is 13.5 Å². The molecule has 1 atom stereocenters. The van der Waals surface area contributed by atoms with Crippen LogP contribution in [0.4, 0.5) is 0 Å². The lowest BCUT2D eigenvalue weighted by Crippen LogP contribution is -2.25. The molecule has 1 aromatic rings. The molecule has 0 saturated carbocycles. The van der Waals surface area contributed by atoms with Gasteiger partial charge in [-0.2, -0.15) is 0 Å².